The first-order valence-corrected chi connectivity index (χ1v) is 8.45. The summed E-state index contributed by atoms with van der Waals surface area (Å²) in [4.78, 5) is 0. The monoisotopic (exact) mass is 289 g/mol. The van der Waals surface area contributed by atoms with E-state index >= 15 is 0 Å². The fourth-order valence-corrected chi connectivity index (χ4v) is 3.62. The summed E-state index contributed by atoms with van der Waals surface area (Å²) in [6.45, 7) is 8.03. The lowest BCUT2D eigenvalue weighted by Gasteiger charge is -2.36. The van der Waals surface area contributed by atoms with Gasteiger partial charge >= 0.3 is 0 Å². The fraction of sp³-hybridized carbons (Fsp3) is 0.684. The zero-order valence-corrected chi connectivity index (χ0v) is 14.1. The highest BCUT2D eigenvalue weighted by atomic mass is 16.5. The van der Waals surface area contributed by atoms with Gasteiger partial charge in [0, 0.05) is 6.04 Å². The second-order valence-electron chi connectivity index (χ2n) is 7.02. The van der Waals surface area contributed by atoms with E-state index in [1.807, 2.05) is 0 Å². The highest BCUT2D eigenvalue weighted by molar-refractivity contribution is 5.33. The van der Waals surface area contributed by atoms with Crippen molar-refractivity contribution in [2.45, 2.75) is 52.5 Å². The Kier molecular flexibility index (Phi) is 6.10. The Labute approximate surface area is 130 Å². The van der Waals surface area contributed by atoms with Crippen LogP contribution in [0.4, 0.5) is 0 Å². The standard InChI is InChI=1S/C19H31NO/c1-14(2)20-13-17-10-9-15(3)11-18(17)12-16-7-5-6-8-19(16)21-4/h5-8,14-15,17-18,20H,9-13H2,1-4H3. The molecule has 2 nitrogen and oxygen atoms in total. The number of benzene rings is 1. The fourth-order valence-electron chi connectivity index (χ4n) is 3.62. The van der Waals surface area contributed by atoms with Crippen molar-refractivity contribution in [3.05, 3.63) is 29.8 Å². The molecule has 2 rings (SSSR count). The van der Waals surface area contributed by atoms with E-state index in [1.54, 1.807) is 7.11 Å². The van der Waals surface area contributed by atoms with Gasteiger partial charge in [0.1, 0.15) is 5.75 Å². The van der Waals surface area contributed by atoms with Crippen LogP contribution in [0.25, 0.3) is 0 Å². The minimum absolute atomic E-state index is 0.580. The van der Waals surface area contributed by atoms with Crippen LogP contribution in [-0.4, -0.2) is 19.7 Å². The van der Waals surface area contributed by atoms with E-state index in [-0.39, 0.29) is 0 Å². The van der Waals surface area contributed by atoms with Crippen molar-refractivity contribution in [3.8, 4) is 5.75 Å². The van der Waals surface area contributed by atoms with Crippen LogP contribution in [0, 0.1) is 17.8 Å². The van der Waals surface area contributed by atoms with Crippen LogP contribution in [-0.2, 0) is 6.42 Å². The van der Waals surface area contributed by atoms with Gasteiger partial charge in [-0.3, -0.25) is 0 Å². The Morgan fingerprint density at radius 1 is 1.19 bits per heavy atom. The summed E-state index contributed by atoms with van der Waals surface area (Å²) in [5, 5.41) is 3.64. The van der Waals surface area contributed by atoms with Gasteiger partial charge in [0.15, 0.2) is 0 Å². The molecule has 1 saturated carbocycles. The summed E-state index contributed by atoms with van der Waals surface area (Å²) in [5.74, 6) is 3.48. The van der Waals surface area contributed by atoms with E-state index in [9.17, 15) is 0 Å². The molecule has 1 fully saturated rings. The van der Waals surface area contributed by atoms with Gasteiger partial charge in [-0.15, -0.1) is 0 Å². The van der Waals surface area contributed by atoms with E-state index in [4.69, 9.17) is 4.74 Å². The molecule has 21 heavy (non-hydrogen) atoms. The summed E-state index contributed by atoms with van der Waals surface area (Å²) in [7, 11) is 1.78. The molecule has 118 valence electrons. The molecule has 2 heteroatoms. The van der Waals surface area contributed by atoms with Crippen molar-refractivity contribution < 1.29 is 4.74 Å². The van der Waals surface area contributed by atoms with Gasteiger partial charge in [-0.1, -0.05) is 45.4 Å². The molecule has 1 N–H and O–H groups in total. The maximum Gasteiger partial charge on any atom is 0.122 e. The van der Waals surface area contributed by atoms with Crippen LogP contribution in [0.3, 0.4) is 0 Å². The first-order valence-electron chi connectivity index (χ1n) is 8.45. The molecule has 0 heterocycles. The molecule has 0 saturated heterocycles. The predicted molar refractivity (Wildman–Crippen MR) is 89.8 cm³/mol. The van der Waals surface area contributed by atoms with Gasteiger partial charge in [-0.2, -0.15) is 0 Å². The molecule has 0 spiro atoms. The molecule has 0 radical (unpaired) electrons. The topological polar surface area (TPSA) is 21.3 Å². The lowest BCUT2D eigenvalue weighted by Crippen LogP contribution is -2.36. The average molecular weight is 289 g/mol. The van der Waals surface area contributed by atoms with E-state index < -0.39 is 0 Å². The van der Waals surface area contributed by atoms with Gasteiger partial charge in [0.05, 0.1) is 7.11 Å². The molecule has 0 aromatic heterocycles. The summed E-state index contributed by atoms with van der Waals surface area (Å²) in [6.07, 6.45) is 5.24. The van der Waals surface area contributed by atoms with Gasteiger partial charge in [-0.25, -0.2) is 0 Å². The molecule has 0 bridgehead atoms. The van der Waals surface area contributed by atoms with Crippen LogP contribution in [0.1, 0.15) is 45.6 Å². The van der Waals surface area contributed by atoms with Crippen molar-refractivity contribution in [1.29, 1.82) is 0 Å². The van der Waals surface area contributed by atoms with Crippen molar-refractivity contribution in [3.63, 3.8) is 0 Å². The summed E-state index contributed by atoms with van der Waals surface area (Å²) < 4.78 is 5.53. The van der Waals surface area contributed by atoms with E-state index in [1.165, 1.54) is 24.8 Å². The van der Waals surface area contributed by atoms with Crippen LogP contribution in [0.15, 0.2) is 24.3 Å². The minimum Gasteiger partial charge on any atom is -0.496 e. The number of rotatable bonds is 6. The molecule has 1 aliphatic carbocycles. The van der Waals surface area contributed by atoms with Crippen molar-refractivity contribution in [2.24, 2.45) is 17.8 Å². The maximum absolute atomic E-state index is 5.53. The number of nitrogens with one attached hydrogen (secondary N) is 1. The number of ether oxygens (including phenoxy) is 1. The number of methoxy groups -OCH3 is 1. The number of hydrogen-bond donors (Lipinski definition) is 1. The van der Waals surface area contributed by atoms with E-state index in [0.29, 0.717) is 6.04 Å². The smallest absolute Gasteiger partial charge is 0.122 e. The van der Waals surface area contributed by atoms with Crippen LogP contribution in [0.2, 0.25) is 0 Å². The Balaban J connectivity index is 2.05. The third kappa shape index (κ3) is 4.74. The van der Waals surface area contributed by atoms with Gasteiger partial charge in [-0.05, 0) is 55.2 Å². The zero-order chi connectivity index (χ0) is 15.2. The molecular weight excluding hydrogens is 258 g/mol. The van der Waals surface area contributed by atoms with Crippen LogP contribution >= 0.6 is 0 Å². The highest BCUT2D eigenvalue weighted by Crippen LogP contribution is 2.37. The predicted octanol–water partition coefficient (Wildman–Crippen LogP) is 4.29. The van der Waals surface area contributed by atoms with Crippen molar-refractivity contribution >= 4 is 0 Å². The summed E-state index contributed by atoms with van der Waals surface area (Å²) in [5.41, 5.74) is 1.37. The summed E-state index contributed by atoms with van der Waals surface area (Å²) >= 11 is 0. The van der Waals surface area contributed by atoms with E-state index in [2.05, 4.69) is 50.4 Å². The third-order valence-corrected chi connectivity index (χ3v) is 4.86. The molecule has 0 amide bonds. The largest absolute Gasteiger partial charge is 0.496 e. The normalized spacial score (nSPS) is 26.0. The molecule has 1 aromatic carbocycles. The second-order valence-corrected chi connectivity index (χ2v) is 7.02. The Hall–Kier alpha value is -1.02. The van der Waals surface area contributed by atoms with Gasteiger partial charge in [0.25, 0.3) is 0 Å². The van der Waals surface area contributed by atoms with Crippen molar-refractivity contribution in [1.82, 2.24) is 5.32 Å². The average Bonchev–Trinajstić information content (AvgIpc) is 2.47. The highest BCUT2D eigenvalue weighted by Gasteiger charge is 2.29. The van der Waals surface area contributed by atoms with Crippen LogP contribution < -0.4 is 10.1 Å². The quantitative estimate of drug-likeness (QED) is 0.843. The Bertz CT molecular complexity index is 429. The summed E-state index contributed by atoms with van der Waals surface area (Å²) in [6, 6.07) is 9.08. The van der Waals surface area contributed by atoms with Crippen LogP contribution in [0.5, 0.6) is 5.75 Å². The second kappa shape index (κ2) is 7.84. The maximum atomic E-state index is 5.53. The Morgan fingerprint density at radius 2 is 1.95 bits per heavy atom. The first kappa shape index (κ1) is 16.4. The SMILES string of the molecule is COc1ccccc1CC1CC(C)CCC1CNC(C)C. The third-order valence-electron chi connectivity index (χ3n) is 4.86. The van der Waals surface area contributed by atoms with Crippen molar-refractivity contribution in [2.75, 3.05) is 13.7 Å². The first-order chi connectivity index (χ1) is 10.1. The molecule has 3 atom stereocenters. The molecular formula is C19H31NO. The lowest BCUT2D eigenvalue weighted by molar-refractivity contribution is 0.180. The van der Waals surface area contributed by atoms with E-state index in [0.717, 1.165) is 36.5 Å². The zero-order valence-electron chi connectivity index (χ0n) is 14.1. The minimum atomic E-state index is 0.580. The Morgan fingerprint density at radius 3 is 2.67 bits per heavy atom. The molecule has 0 aliphatic heterocycles. The molecule has 3 unspecified atom stereocenters. The van der Waals surface area contributed by atoms with Gasteiger partial charge < -0.3 is 10.1 Å². The lowest BCUT2D eigenvalue weighted by atomic mass is 9.72. The number of para-hydroxylation sites is 1. The molecule has 1 aliphatic rings. The molecule has 1 aromatic rings. The number of hydrogen-bond acceptors (Lipinski definition) is 2. The van der Waals surface area contributed by atoms with Gasteiger partial charge in [0.2, 0.25) is 0 Å².